The maximum Gasteiger partial charge on any atom is 0.346 e. The molecule has 0 atom stereocenters. The SMILES string of the molecule is CCCCCCCC(=O)OC(=O)c1cccc2ccccc12.[Cu].[Cu]. The van der Waals surface area contributed by atoms with Crippen LogP contribution >= 0.6 is 0 Å². The van der Waals surface area contributed by atoms with Crippen LogP contribution in [0.4, 0.5) is 0 Å². The first-order chi connectivity index (χ1) is 10.7. The smallest absolute Gasteiger partial charge is 0.346 e. The van der Waals surface area contributed by atoms with Crippen LogP contribution in [0.3, 0.4) is 0 Å². The van der Waals surface area contributed by atoms with Crippen LogP contribution < -0.4 is 0 Å². The number of unbranched alkanes of at least 4 members (excludes halogenated alkanes) is 4. The number of esters is 2. The Kier molecular flexibility index (Phi) is 11.7. The molecule has 0 unspecified atom stereocenters. The number of carbonyl (C=O) groups excluding carboxylic acids is 2. The summed E-state index contributed by atoms with van der Waals surface area (Å²) in [6, 6.07) is 13.0. The maximum atomic E-state index is 12.2. The average molecular weight is 425 g/mol. The third-order valence-electron chi connectivity index (χ3n) is 3.70. The Bertz CT molecular complexity index is 651. The molecular weight excluding hydrogens is 403 g/mol. The van der Waals surface area contributed by atoms with Crippen molar-refractivity contribution in [3.8, 4) is 0 Å². The maximum absolute atomic E-state index is 12.2. The molecule has 0 aliphatic carbocycles. The predicted molar refractivity (Wildman–Crippen MR) is 87.7 cm³/mol. The zero-order valence-corrected chi connectivity index (χ0v) is 15.5. The summed E-state index contributed by atoms with van der Waals surface area (Å²) < 4.78 is 4.97. The van der Waals surface area contributed by atoms with Gasteiger partial charge in [0, 0.05) is 40.6 Å². The largest absolute Gasteiger partial charge is 0.389 e. The summed E-state index contributed by atoms with van der Waals surface area (Å²) in [4.78, 5) is 23.9. The Morgan fingerprint density at radius 3 is 2.29 bits per heavy atom. The van der Waals surface area contributed by atoms with E-state index in [1.165, 1.54) is 12.8 Å². The fourth-order valence-corrected chi connectivity index (χ4v) is 2.49. The molecule has 0 aliphatic heterocycles. The third kappa shape index (κ3) is 6.78. The molecule has 2 rings (SSSR count). The molecule has 138 valence electrons. The van der Waals surface area contributed by atoms with Gasteiger partial charge in [0.25, 0.3) is 0 Å². The standard InChI is InChI=1S/C19H22O3.2Cu/c1-2-3-4-5-6-14-18(20)22-19(21)17-13-9-11-15-10-7-8-12-16(15)17;;/h7-13H,2-6,14H2,1H3;;. The summed E-state index contributed by atoms with van der Waals surface area (Å²) in [6.07, 6.45) is 5.57. The second kappa shape index (κ2) is 12.3. The van der Waals surface area contributed by atoms with Gasteiger partial charge in [-0.25, -0.2) is 4.79 Å². The molecular formula is C19H22Cu2O3. The summed E-state index contributed by atoms with van der Waals surface area (Å²) >= 11 is 0. The Morgan fingerprint density at radius 1 is 0.875 bits per heavy atom. The molecule has 0 heterocycles. The van der Waals surface area contributed by atoms with E-state index in [4.69, 9.17) is 4.74 Å². The van der Waals surface area contributed by atoms with Crippen LogP contribution in [-0.4, -0.2) is 11.9 Å². The van der Waals surface area contributed by atoms with Crippen molar-refractivity contribution in [2.24, 2.45) is 0 Å². The van der Waals surface area contributed by atoms with Crippen molar-refractivity contribution in [1.29, 1.82) is 0 Å². The first-order valence-electron chi connectivity index (χ1n) is 7.95. The van der Waals surface area contributed by atoms with Crippen LogP contribution in [0.2, 0.25) is 0 Å². The Balaban J connectivity index is 0.00000264. The number of carbonyl (C=O) groups is 2. The molecule has 3 nitrogen and oxygen atoms in total. The van der Waals surface area contributed by atoms with Gasteiger partial charge >= 0.3 is 11.9 Å². The fraction of sp³-hybridized carbons (Fsp3) is 0.368. The van der Waals surface area contributed by atoms with Gasteiger partial charge in [-0.2, -0.15) is 0 Å². The van der Waals surface area contributed by atoms with Gasteiger partial charge in [0.05, 0.1) is 5.56 Å². The first kappa shape index (κ1) is 22.9. The molecule has 5 heteroatoms. The fourth-order valence-electron chi connectivity index (χ4n) is 2.49. The third-order valence-corrected chi connectivity index (χ3v) is 3.70. The van der Waals surface area contributed by atoms with Gasteiger partial charge in [0.2, 0.25) is 0 Å². The van der Waals surface area contributed by atoms with Crippen LogP contribution in [-0.2, 0) is 43.7 Å². The number of fused-ring (bicyclic) bond motifs is 1. The van der Waals surface area contributed by atoms with Gasteiger partial charge in [-0.3, -0.25) is 4.79 Å². The van der Waals surface area contributed by atoms with E-state index in [0.717, 1.165) is 30.0 Å². The minimum absolute atomic E-state index is 0. The van der Waals surface area contributed by atoms with Crippen LogP contribution in [0.1, 0.15) is 55.8 Å². The number of ether oxygens (including phenoxy) is 1. The average Bonchev–Trinajstić information content (AvgIpc) is 2.54. The van der Waals surface area contributed by atoms with Gasteiger partial charge in [0.1, 0.15) is 0 Å². The van der Waals surface area contributed by atoms with Gasteiger partial charge in [0.15, 0.2) is 0 Å². The second-order valence-corrected chi connectivity index (χ2v) is 5.45. The number of hydrogen-bond acceptors (Lipinski definition) is 3. The molecule has 2 aromatic rings. The Labute approximate surface area is 164 Å². The van der Waals surface area contributed by atoms with E-state index in [2.05, 4.69) is 6.92 Å². The molecule has 2 aromatic carbocycles. The van der Waals surface area contributed by atoms with Crippen molar-refractivity contribution in [3.63, 3.8) is 0 Å². The first-order valence-corrected chi connectivity index (χ1v) is 7.95. The van der Waals surface area contributed by atoms with E-state index < -0.39 is 11.9 Å². The second-order valence-electron chi connectivity index (χ2n) is 5.45. The summed E-state index contributed by atoms with van der Waals surface area (Å²) in [5.74, 6) is -0.996. The van der Waals surface area contributed by atoms with Crippen LogP contribution in [0, 0.1) is 0 Å². The number of hydrogen-bond donors (Lipinski definition) is 0. The van der Waals surface area contributed by atoms with Crippen molar-refractivity contribution in [2.75, 3.05) is 0 Å². The van der Waals surface area contributed by atoms with Crippen molar-refractivity contribution in [3.05, 3.63) is 48.0 Å². The summed E-state index contributed by atoms with van der Waals surface area (Å²) in [6.45, 7) is 2.15. The molecule has 0 amide bonds. The molecule has 2 radical (unpaired) electrons. The minimum atomic E-state index is -0.560. The van der Waals surface area contributed by atoms with E-state index in [0.29, 0.717) is 12.0 Å². The normalized spacial score (nSPS) is 9.71. The van der Waals surface area contributed by atoms with Gasteiger partial charge in [-0.05, 0) is 23.3 Å². The van der Waals surface area contributed by atoms with Crippen molar-refractivity contribution in [1.82, 2.24) is 0 Å². The number of rotatable bonds is 7. The van der Waals surface area contributed by atoms with E-state index in [1.807, 2.05) is 30.3 Å². The van der Waals surface area contributed by atoms with Gasteiger partial charge in [-0.15, -0.1) is 0 Å². The zero-order chi connectivity index (χ0) is 15.8. The molecule has 0 bridgehead atoms. The molecule has 0 aromatic heterocycles. The Hall–Kier alpha value is -1.12. The molecule has 0 saturated heterocycles. The van der Waals surface area contributed by atoms with Gasteiger partial charge < -0.3 is 4.74 Å². The molecule has 0 N–H and O–H groups in total. The molecule has 0 spiro atoms. The molecule has 0 aliphatic rings. The predicted octanol–water partition coefficient (Wildman–Crippen LogP) is 4.88. The summed E-state index contributed by atoms with van der Waals surface area (Å²) in [5, 5.41) is 1.77. The van der Waals surface area contributed by atoms with E-state index >= 15 is 0 Å². The van der Waals surface area contributed by atoms with Crippen LogP contribution in [0.5, 0.6) is 0 Å². The van der Waals surface area contributed by atoms with E-state index in [1.54, 1.807) is 12.1 Å². The zero-order valence-electron chi connectivity index (χ0n) is 13.6. The Morgan fingerprint density at radius 2 is 1.54 bits per heavy atom. The van der Waals surface area contributed by atoms with E-state index in [9.17, 15) is 9.59 Å². The van der Waals surface area contributed by atoms with Crippen molar-refractivity contribution >= 4 is 22.7 Å². The number of benzene rings is 2. The minimum Gasteiger partial charge on any atom is -0.389 e. The van der Waals surface area contributed by atoms with Crippen LogP contribution in [0.25, 0.3) is 10.8 Å². The topological polar surface area (TPSA) is 43.4 Å². The van der Waals surface area contributed by atoms with Crippen LogP contribution in [0.15, 0.2) is 42.5 Å². The molecule has 24 heavy (non-hydrogen) atoms. The summed E-state index contributed by atoms with van der Waals surface area (Å²) in [5.41, 5.74) is 0.442. The quantitative estimate of drug-likeness (QED) is 0.275. The molecule has 0 fully saturated rings. The van der Waals surface area contributed by atoms with E-state index in [-0.39, 0.29) is 34.1 Å². The monoisotopic (exact) mass is 424 g/mol. The van der Waals surface area contributed by atoms with Crippen molar-refractivity contribution < 1.29 is 48.5 Å². The summed E-state index contributed by atoms with van der Waals surface area (Å²) in [7, 11) is 0. The van der Waals surface area contributed by atoms with Crippen molar-refractivity contribution in [2.45, 2.75) is 45.4 Å². The van der Waals surface area contributed by atoms with Gasteiger partial charge in [-0.1, -0.05) is 69.0 Å². The molecule has 0 saturated carbocycles.